The summed E-state index contributed by atoms with van der Waals surface area (Å²) in [5.41, 5.74) is 1.25. The monoisotopic (exact) mass is 471 g/mol. The summed E-state index contributed by atoms with van der Waals surface area (Å²) in [6.45, 7) is 8.57. The van der Waals surface area contributed by atoms with Gasteiger partial charge in [0.1, 0.15) is 11.4 Å². The van der Waals surface area contributed by atoms with Crippen molar-refractivity contribution in [2.75, 3.05) is 13.1 Å². The lowest BCUT2D eigenvalue weighted by Gasteiger charge is -2.47. The molecule has 0 radical (unpaired) electrons. The van der Waals surface area contributed by atoms with Crippen LogP contribution in [-0.4, -0.2) is 49.3 Å². The zero-order chi connectivity index (χ0) is 23.8. The molecule has 1 amide bonds. The van der Waals surface area contributed by atoms with Crippen molar-refractivity contribution in [3.63, 3.8) is 0 Å². The number of benzene rings is 2. The van der Waals surface area contributed by atoms with Crippen LogP contribution >= 0.6 is 0 Å². The minimum Gasteiger partial charge on any atom is -0.487 e. The molecular formula is C26H33NO5S. The van der Waals surface area contributed by atoms with Gasteiger partial charge in [-0.05, 0) is 58.0 Å². The molecule has 1 unspecified atom stereocenters. The van der Waals surface area contributed by atoms with Gasteiger partial charge in [-0.3, -0.25) is 4.79 Å². The third-order valence-corrected chi connectivity index (χ3v) is 8.77. The van der Waals surface area contributed by atoms with E-state index in [4.69, 9.17) is 9.47 Å². The van der Waals surface area contributed by atoms with Crippen LogP contribution in [0.3, 0.4) is 0 Å². The first kappa shape index (κ1) is 23.8. The third kappa shape index (κ3) is 4.80. The molecule has 1 saturated heterocycles. The van der Waals surface area contributed by atoms with Crippen LogP contribution in [0.1, 0.15) is 69.0 Å². The lowest BCUT2D eigenvalue weighted by Crippen LogP contribution is -2.52. The summed E-state index contributed by atoms with van der Waals surface area (Å²) in [5, 5.41) is -0.499. The summed E-state index contributed by atoms with van der Waals surface area (Å²) in [7, 11) is -3.35. The fourth-order valence-corrected chi connectivity index (χ4v) is 5.74. The molecule has 1 atom stereocenters. The van der Waals surface area contributed by atoms with Gasteiger partial charge >= 0.3 is 0 Å². The van der Waals surface area contributed by atoms with Gasteiger partial charge in [0.15, 0.2) is 9.84 Å². The zero-order valence-corrected chi connectivity index (χ0v) is 20.6. The van der Waals surface area contributed by atoms with Crippen LogP contribution in [0.25, 0.3) is 0 Å². The van der Waals surface area contributed by atoms with Crippen molar-refractivity contribution in [2.45, 2.75) is 74.9 Å². The SMILES string of the molecule is CC(C)OC1CC2(CCN(C(=O)c3ccc(S(=O)(=O)C(C)C)cc3)CC2)Oc2ccccc21. The molecule has 2 aromatic carbocycles. The maximum atomic E-state index is 13.1. The second kappa shape index (κ2) is 9.11. The Morgan fingerprint density at radius 3 is 2.27 bits per heavy atom. The van der Waals surface area contributed by atoms with Crippen molar-refractivity contribution in [1.82, 2.24) is 4.90 Å². The maximum Gasteiger partial charge on any atom is 0.253 e. The normalized spacial score (nSPS) is 20.1. The van der Waals surface area contributed by atoms with Crippen molar-refractivity contribution in [2.24, 2.45) is 0 Å². The molecule has 178 valence electrons. The number of carbonyl (C=O) groups is 1. The number of fused-ring (bicyclic) bond motifs is 1. The third-order valence-electron chi connectivity index (χ3n) is 6.60. The molecule has 0 aromatic heterocycles. The number of rotatable bonds is 5. The lowest BCUT2D eigenvalue weighted by atomic mass is 9.81. The Labute approximate surface area is 196 Å². The van der Waals surface area contributed by atoms with Gasteiger partial charge in [-0.25, -0.2) is 8.42 Å². The highest BCUT2D eigenvalue weighted by atomic mass is 32.2. The predicted molar refractivity (Wildman–Crippen MR) is 127 cm³/mol. The number of hydrogen-bond donors (Lipinski definition) is 0. The van der Waals surface area contributed by atoms with Gasteiger partial charge in [-0.1, -0.05) is 18.2 Å². The fourth-order valence-electron chi connectivity index (χ4n) is 4.68. The summed E-state index contributed by atoms with van der Waals surface area (Å²) in [4.78, 5) is 15.2. The Balaban J connectivity index is 1.46. The molecule has 1 fully saturated rings. The molecular weight excluding hydrogens is 438 g/mol. The topological polar surface area (TPSA) is 72.9 Å². The van der Waals surface area contributed by atoms with Crippen LogP contribution in [0.5, 0.6) is 5.75 Å². The molecule has 33 heavy (non-hydrogen) atoms. The van der Waals surface area contributed by atoms with Crippen LogP contribution in [0.4, 0.5) is 0 Å². The number of likely N-dealkylation sites (tertiary alicyclic amines) is 1. The van der Waals surface area contributed by atoms with Gasteiger partial charge in [0.05, 0.1) is 22.4 Å². The molecule has 7 heteroatoms. The first-order valence-corrected chi connectivity index (χ1v) is 13.2. The molecule has 2 aliphatic heterocycles. The van der Waals surface area contributed by atoms with Crippen LogP contribution in [0.15, 0.2) is 53.4 Å². The first-order chi connectivity index (χ1) is 15.6. The lowest BCUT2D eigenvalue weighted by molar-refractivity contribution is -0.0872. The number of piperidine rings is 1. The van der Waals surface area contributed by atoms with Crippen molar-refractivity contribution >= 4 is 15.7 Å². The van der Waals surface area contributed by atoms with E-state index in [0.29, 0.717) is 18.7 Å². The summed E-state index contributed by atoms with van der Waals surface area (Å²) in [6, 6.07) is 14.3. The molecule has 0 aliphatic carbocycles. The highest BCUT2D eigenvalue weighted by Crippen LogP contribution is 2.46. The van der Waals surface area contributed by atoms with E-state index in [9.17, 15) is 13.2 Å². The Morgan fingerprint density at radius 1 is 1.03 bits per heavy atom. The van der Waals surface area contributed by atoms with E-state index in [1.165, 1.54) is 12.1 Å². The van der Waals surface area contributed by atoms with Crippen molar-refractivity contribution in [3.05, 3.63) is 59.7 Å². The standard InChI is InChI=1S/C26H33NO5S/c1-18(2)31-24-17-26(32-23-8-6-5-7-22(23)24)13-15-27(16-14-26)25(28)20-9-11-21(12-10-20)33(29,30)19(3)4/h5-12,18-19,24H,13-17H2,1-4H3. The van der Waals surface area contributed by atoms with Gasteiger partial charge in [-0.2, -0.15) is 0 Å². The first-order valence-electron chi connectivity index (χ1n) is 11.7. The molecule has 0 N–H and O–H groups in total. The maximum absolute atomic E-state index is 13.1. The number of nitrogens with zero attached hydrogens (tertiary/aromatic N) is 1. The van der Waals surface area contributed by atoms with Crippen molar-refractivity contribution in [3.8, 4) is 5.75 Å². The van der Waals surface area contributed by atoms with E-state index in [1.807, 2.05) is 36.9 Å². The summed E-state index contributed by atoms with van der Waals surface area (Å²) >= 11 is 0. The predicted octanol–water partition coefficient (Wildman–Crippen LogP) is 4.79. The van der Waals surface area contributed by atoms with E-state index >= 15 is 0 Å². The van der Waals surface area contributed by atoms with E-state index in [2.05, 4.69) is 6.07 Å². The number of carbonyl (C=O) groups excluding carboxylic acids is 1. The van der Waals surface area contributed by atoms with E-state index in [-0.39, 0.29) is 28.6 Å². The van der Waals surface area contributed by atoms with Crippen LogP contribution in [0, 0.1) is 0 Å². The number of hydrogen-bond acceptors (Lipinski definition) is 5. The largest absolute Gasteiger partial charge is 0.487 e. The summed E-state index contributed by atoms with van der Waals surface area (Å²) < 4.78 is 37.4. The Bertz CT molecular complexity index is 1100. The van der Waals surface area contributed by atoms with Gasteiger partial charge in [-0.15, -0.1) is 0 Å². The molecule has 6 nitrogen and oxygen atoms in total. The summed E-state index contributed by atoms with van der Waals surface area (Å²) in [5.74, 6) is 0.792. The second-order valence-corrected chi connectivity index (χ2v) is 12.1. The van der Waals surface area contributed by atoms with Crippen molar-refractivity contribution in [1.29, 1.82) is 0 Å². The minimum atomic E-state index is -3.35. The number of sulfone groups is 1. The molecule has 0 bridgehead atoms. The highest BCUT2D eigenvalue weighted by Gasteiger charge is 2.44. The number of para-hydroxylation sites is 1. The molecule has 1 spiro atoms. The van der Waals surface area contributed by atoms with E-state index in [1.54, 1.807) is 26.0 Å². The van der Waals surface area contributed by atoms with Gasteiger partial charge < -0.3 is 14.4 Å². The van der Waals surface area contributed by atoms with Gasteiger partial charge in [0.2, 0.25) is 0 Å². The quantitative estimate of drug-likeness (QED) is 0.627. The van der Waals surface area contributed by atoms with Crippen LogP contribution < -0.4 is 4.74 Å². The molecule has 2 aliphatic rings. The van der Waals surface area contributed by atoms with Gasteiger partial charge in [0, 0.05) is 43.5 Å². The van der Waals surface area contributed by atoms with E-state index in [0.717, 1.165) is 30.6 Å². The Kier molecular flexibility index (Phi) is 6.56. The van der Waals surface area contributed by atoms with Crippen molar-refractivity contribution < 1.29 is 22.7 Å². The number of amides is 1. The van der Waals surface area contributed by atoms with E-state index < -0.39 is 15.1 Å². The average Bonchev–Trinajstić information content (AvgIpc) is 2.79. The molecule has 2 aromatic rings. The fraction of sp³-hybridized carbons (Fsp3) is 0.500. The van der Waals surface area contributed by atoms with Crippen LogP contribution in [-0.2, 0) is 14.6 Å². The molecule has 2 heterocycles. The summed E-state index contributed by atoms with van der Waals surface area (Å²) in [6.07, 6.45) is 2.32. The van der Waals surface area contributed by atoms with Crippen LogP contribution in [0.2, 0.25) is 0 Å². The molecule has 4 rings (SSSR count). The van der Waals surface area contributed by atoms with Gasteiger partial charge in [0.25, 0.3) is 5.91 Å². The highest BCUT2D eigenvalue weighted by molar-refractivity contribution is 7.92. The average molecular weight is 472 g/mol. The Hall–Kier alpha value is -2.38. The second-order valence-electron chi connectivity index (χ2n) is 9.61. The zero-order valence-electron chi connectivity index (χ0n) is 19.8. The smallest absolute Gasteiger partial charge is 0.253 e. The molecule has 0 saturated carbocycles. The Morgan fingerprint density at radius 2 is 1.67 bits per heavy atom. The minimum absolute atomic E-state index is 0.0207. The number of ether oxygens (including phenoxy) is 2.